The van der Waals surface area contributed by atoms with Gasteiger partial charge in [-0.15, -0.1) is 0 Å². The first-order chi connectivity index (χ1) is 13.0. The molecule has 27 heavy (non-hydrogen) atoms. The molecule has 1 heterocycles. The summed E-state index contributed by atoms with van der Waals surface area (Å²) in [5, 5.41) is 2.81. The fourth-order valence-corrected chi connectivity index (χ4v) is 1.87. The average Bonchev–Trinajstić information content (AvgIpc) is 2.67. The lowest BCUT2D eigenvalue weighted by molar-refractivity contribution is -0.114. The fraction of sp³-hybridized carbons (Fsp3) is 0.0476. The molecule has 0 unspecified atom stereocenters. The van der Waals surface area contributed by atoms with Crippen LogP contribution in [-0.4, -0.2) is 23.0 Å². The summed E-state index contributed by atoms with van der Waals surface area (Å²) in [4.78, 5) is 30.9. The minimum Gasteiger partial charge on any atom is -0.366 e. The summed E-state index contributed by atoms with van der Waals surface area (Å²) in [7, 11) is 0. The molecular weight excluding hydrogens is 340 g/mol. The number of hydrogen-bond acceptors (Lipinski definition) is 4. The van der Waals surface area contributed by atoms with Gasteiger partial charge in [0.2, 0.25) is 5.91 Å². The monoisotopic (exact) mass is 358 g/mol. The van der Waals surface area contributed by atoms with E-state index in [1.54, 1.807) is 49.6 Å². The number of carbonyl (C=O) groups is 2. The molecule has 1 aromatic heterocycles. The number of amides is 2. The molecule has 0 atom stereocenters. The molecule has 6 nitrogen and oxygen atoms in total. The Kier molecular flexibility index (Phi) is 6.80. The highest BCUT2D eigenvalue weighted by atomic mass is 16.2. The zero-order valence-electron chi connectivity index (χ0n) is 14.8. The Bertz CT molecular complexity index is 980. The normalized spacial score (nSPS) is 10.8. The maximum absolute atomic E-state index is 12.2. The summed E-state index contributed by atoms with van der Waals surface area (Å²) >= 11 is 0. The third kappa shape index (κ3) is 6.44. The fourth-order valence-electron chi connectivity index (χ4n) is 1.87. The number of primary amides is 1. The number of rotatable bonds is 5. The predicted molar refractivity (Wildman–Crippen MR) is 106 cm³/mol. The van der Waals surface area contributed by atoms with E-state index in [9.17, 15) is 9.59 Å². The number of carbonyl (C=O) groups excluding carboxylic acids is 2. The molecule has 0 radical (unpaired) electrons. The van der Waals surface area contributed by atoms with Crippen LogP contribution in [-0.2, 0) is 4.79 Å². The minimum absolute atomic E-state index is 0.226. The van der Waals surface area contributed by atoms with Crippen LogP contribution in [0.4, 0.5) is 5.69 Å². The van der Waals surface area contributed by atoms with Crippen molar-refractivity contribution in [2.24, 2.45) is 10.7 Å². The number of hydrogen-bond donors (Lipinski definition) is 2. The summed E-state index contributed by atoms with van der Waals surface area (Å²) < 4.78 is 0. The van der Waals surface area contributed by atoms with Gasteiger partial charge in [0.25, 0.3) is 5.91 Å². The van der Waals surface area contributed by atoms with Crippen LogP contribution in [0.5, 0.6) is 0 Å². The van der Waals surface area contributed by atoms with Crippen molar-refractivity contribution < 1.29 is 9.59 Å². The van der Waals surface area contributed by atoms with Crippen molar-refractivity contribution in [1.29, 1.82) is 0 Å². The molecule has 0 aliphatic rings. The molecule has 134 valence electrons. The Morgan fingerprint density at radius 2 is 2.00 bits per heavy atom. The highest BCUT2D eigenvalue weighted by molar-refractivity contribution is 6.04. The SMILES string of the molecule is C=C(C#Cc1cccc(NC(=O)c2ccncc2)c1)C=N/C=C(\C)C(N)=O. The predicted octanol–water partition coefficient (Wildman–Crippen LogP) is 2.70. The summed E-state index contributed by atoms with van der Waals surface area (Å²) in [5.74, 6) is 5.04. The molecule has 2 amide bonds. The Morgan fingerprint density at radius 3 is 2.70 bits per heavy atom. The lowest BCUT2D eigenvalue weighted by Gasteiger charge is -2.05. The van der Waals surface area contributed by atoms with Crippen LogP contribution in [0.15, 0.2) is 77.7 Å². The number of nitrogens with one attached hydrogen (secondary N) is 1. The van der Waals surface area contributed by atoms with Gasteiger partial charge in [0, 0.05) is 52.8 Å². The van der Waals surface area contributed by atoms with Crippen molar-refractivity contribution in [2.45, 2.75) is 6.92 Å². The Morgan fingerprint density at radius 1 is 1.26 bits per heavy atom. The summed E-state index contributed by atoms with van der Waals surface area (Å²) in [5.41, 5.74) is 7.77. The molecule has 6 heteroatoms. The largest absolute Gasteiger partial charge is 0.366 e. The van der Waals surface area contributed by atoms with Crippen molar-refractivity contribution in [3.63, 3.8) is 0 Å². The van der Waals surface area contributed by atoms with Crippen LogP contribution in [0.1, 0.15) is 22.8 Å². The standard InChI is InChI=1S/C21H18N4O2/c1-15(13-24-14-16(2)20(22)26)6-7-17-4-3-5-19(12-17)25-21(27)18-8-10-23-11-9-18/h3-5,8-14H,1H2,2H3,(H2,22,26)(H,25,27)/b16-14+,24-13?. The topological polar surface area (TPSA) is 97.4 Å². The zero-order valence-corrected chi connectivity index (χ0v) is 14.8. The van der Waals surface area contributed by atoms with Crippen LogP contribution >= 0.6 is 0 Å². The molecular formula is C21H18N4O2. The number of nitrogens with two attached hydrogens (primary N) is 1. The maximum Gasteiger partial charge on any atom is 0.255 e. The highest BCUT2D eigenvalue weighted by Gasteiger charge is 2.05. The van der Waals surface area contributed by atoms with Gasteiger partial charge in [-0.2, -0.15) is 0 Å². The third-order valence-corrected chi connectivity index (χ3v) is 3.32. The molecule has 3 N–H and O–H groups in total. The second-order valence-corrected chi connectivity index (χ2v) is 5.50. The van der Waals surface area contributed by atoms with Gasteiger partial charge in [-0.3, -0.25) is 19.6 Å². The van der Waals surface area contributed by atoms with Gasteiger partial charge in [0.15, 0.2) is 0 Å². The van der Waals surface area contributed by atoms with Crippen LogP contribution in [0.3, 0.4) is 0 Å². The molecule has 0 aliphatic heterocycles. The van der Waals surface area contributed by atoms with E-state index in [2.05, 4.69) is 33.7 Å². The van der Waals surface area contributed by atoms with E-state index in [1.165, 1.54) is 12.4 Å². The van der Waals surface area contributed by atoms with Crippen molar-refractivity contribution in [3.8, 4) is 11.8 Å². The summed E-state index contributed by atoms with van der Waals surface area (Å²) in [6, 6.07) is 10.4. The summed E-state index contributed by atoms with van der Waals surface area (Å²) in [6.45, 7) is 5.35. The molecule has 0 saturated carbocycles. The molecule has 1 aromatic carbocycles. The zero-order chi connectivity index (χ0) is 19.6. The first-order valence-electron chi connectivity index (χ1n) is 7.98. The number of anilines is 1. The Labute approximate surface area is 157 Å². The second-order valence-electron chi connectivity index (χ2n) is 5.50. The van der Waals surface area contributed by atoms with E-state index in [0.717, 1.165) is 0 Å². The lowest BCUT2D eigenvalue weighted by atomic mass is 10.2. The van der Waals surface area contributed by atoms with Crippen molar-refractivity contribution >= 4 is 23.7 Å². The number of aromatic nitrogens is 1. The van der Waals surface area contributed by atoms with Gasteiger partial charge in [-0.25, -0.2) is 0 Å². The van der Waals surface area contributed by atoms with Crippen molar-refractivity contribution in [1.82, 2.24) is 4.98 Å². The van der Waals surface area contributed by atoms with E-state index < -0.39 is 5.91 Å². The Hall–Kier alpha value is -3.98. The number of nitrogens with zero attached hydrogens (tertiary/aromatic N) is 2. The molecule has 2 aromatic rings. The quantitative estimate of drug-likeness (QED) is 0.488. The second kappa shape index (κ2) is 9.49. The third-order valence-electron chi connectivity index (χ3n) is 3.32. The number of aliphatic imine (C=N–C) groups is 1. The highest BCUT2D eigenvalue weighted by Crippen LogP contribution is 2.11. The maximum atomic E-state index is 12.2. The average molecular weight is 358 g/mol. The molecule has 0 fully saturated rings. The van der Waals surface area contributed by atoms with Gasteiger partial charge in [0.1, 0.15) is 0 Å². The lowest BCUT2D eigenvalue weighted by Crippen LogP contribution is -2.11. The van der Waals surface area contributed by atoms with Crippen LogP contribution < -0.4 is 11.1 Å². The van der Waals surface area contributed by atoms with Crippen LogP contribution in [0.25, 0.3) is 0 Å². The van der Waals surface area contributed by atoms with Crippen molar-refractivity contribution in [3.05, 3.63) is 83.8 Å². The van der Waals surface area contributed by atoms with Gasteiger partial charge in [-0.1, -0.05) is 24.5 Å². The first-order valence-corrected chi connectivity index (χ1v) is 7.98. The van der Waals surface area contributed by atoms with Crippen LogP contribution in [0.2, 0.25) is 0 Å². The van der Waals surface area contributed by atoms with Gasteiger partial charge >= 0.3 is 0 Å². The van der Waals surface area contributed by atoms with Gasteiger partial charge < -0.3 is 11.1 Å². The van der Waals surface area contributed by atoms with Gasteiger partial charge in [0.05, 0.1) is 0 Å². The first kappa shape index (κ1) is 19.3. The Balaban J connectivity index is 2.04. The molecule has 0 aliphatic carbocycles. The van der Waals surface area contributed by atoms with Crippen LogP contribution in [0, 0.1) is 11.8 Å². The smallest absolute Gasteiger partial charge is 0.255 e. The summed E-state index contributed by atoms with van der Waals surface area (Å²) in [6.07, 6.45) is 5.91. The molecule has 0 saturated heterocycles. The van der Waals surface area contributed by atoms with E-state index >= 15 is 0 Å². The number of benzene rings is 1. The van der Waals surface area contributed by atoms with Crippen molar-refractivity contribution in [2.75, 3.05) is 5.32 Å². The minimum atomic E-state index is -0.533. The molecule has 0 bridgehead atoms. The van der Waals surface area contributed by atoms with E-state index in [4.69, 9.17) is 5.73 Å². The number of pyridine rings is 1. The molecule has 0 spiro atoms. The van der Waals surface area contributed by atoms with E-state index in [0.29, 0.717) is 28.0 Å². The van der Waals surface area contributed by atoms with E-state index in [-0.39, 0.29) is 5.91 Å². The van der Waals surface area contributed by atoms with Gasteiger partial charge in [-0.05, 0) is 37.3 Å². The number of allylic oxidation sites excluding steroid dienone is 1. The molecule has 2 rings (SSSR count). The van der Waals surface area contributed by atoms with E-state index in [1.807, 2.05) is 6.07 Å².